The fourth-order valence-electron chi connectivity index (χ4n) is 2.15. The number of carboxylic acid groups (broad SMARTS) is 1. The second-order valence-corrected chi connectivity index (χ2v) is 6.46. The average molecular weight is 292 g/mol. The molecule has 1 N–H and O–H groups in total. The molecule has 0 amide bonds. The number of aromatic carboxylic acids is 1. The first-order valence-corrected chi connectivity index (χ1v) is 7.79. The molecule has 0 saturated carbocycles. The number of pyridine rings is 1. The van der Waals surface area contributed by atoms with E-state index in [1.807, 2.05) is 12.1 Å². The first-order valence-electron chi connectivity index (χ1n) is 7.79. The SMILES string of the molecule is CC(C)CCN(CCC(C)C)Cc1cccnc1C(=O)O. The smallest absolute Gasteiger partial charge is 0.354 e. The Bertz CT molecular complexity index is 432. The molecule has 4 nitrogen and oxygen atoms in total. The number of hydrogen-bond acceptors (Lipinski definition) is 3. The second kappa shape index (κ2) is 8.78. The Labute approximate surface area is 128 Å². The Morgan fingerprint density at radius 1 is 1.19 bits per heavy atom. The summed E-state index contributed by atoms with van der Waals surface area (Å²) in [7, 11) is 0. The van der Waals surface area contributed by atoms with Gasteiger partial charge in [0, 0.05) is 12.7 Å². The van der Waals surface area contributed by atoms with E-state index in [0.29, 0.717) is 18.4 Å². The standard InChI is InChI=1S/C17H28N2O2/c1-13(2)7-10-19(11-8-14(3)4)12-15-6-5-9-18-16(15)17(20)21/h5-6,9,13-14H,7-8,10-12H2,1-4H3,(H,20,21). The molecule has 0 atom stereocenters. The fraction of sp³-hybridized carbons (Fsp3) is 0.647. The third-order valence-electron chi connectivity index (χ3n) is 3.53. The minimum atomic E-state index is -0.946. The predicted molar refractivity (Wildman–Crippen MR) is 85.4 cm³/mol. The van der Waals surface area contributed by atoms with Crippen molar-refractivity contribution in [1.29, 1.82) is 0 Å². The summed E-state index contributed by atoms with van der Waals surface area (Å²) in [5.41, 5.74) is 0.981. The van der Waals surface area contributed by atoms with Crippen molar-refractivity contribution in [1.82, 2.24) is 9.88 Å². The molecule has 0 aromatic carbocycles. The molecule has 0 aliphatic heterocycles. The van der Waals surface area contributed by atoms with Crippen LogP contribution in [0.25, 0.3) is 0 Å². The number of nitrogens with zero attached hydrogens (tertiary/aromatic N) is 2. The van der Waals surface area contributed by atoms with Gasteiger partial charge in [0.25, 0.3) is 0 Å². The lowest BCUT2D eigenvalue weighted by atomic mass is 10.1. The molecule has 1 heterocycles. The lowest BCUT2D eigenvalue weighted by molar-refractivity contribution is 0.0687. The second-order valence-electron chi connectivity index (χ2n) is 6.46. The van der Waals surface area contributed by atoms with Gasteiger partial charge in [-0.15, -0.1) is 0 Å². The first kappa shape index (κ1) is 17.6. The minimum Gasteiger partial charge on any atom is -0.477 e. The highest BCUT2D eigenvalue weighted by Crippen LogP contribution is 2.13. The normalized spacial score (nSPS) is 11.6. The van der Waals surface area contributed by atoms with Crippen LogP contribution in [-0.2, 0) is 6.54 Å². The van der Waals surface area contributed by atoms with E-state index in [4.69, 9.17) is 0 Å². The quantitative estimate of drug-likeness (QED) is 0.754. The highest BCUT2D eigenvalue weighted by atomic mass is 16.4. The zero-order valence-corrected chi connectivity index (χ0v) is 13.7. The summed E-state index contributed by atoms with van der Waals surface area (Å²) in [6, 6.07) is 3.68. The van der Waals surface area contributed by atoms with E-state index < -0.39 is 5.97 Å². The summed E-state index contributed by atoms with van der Waals surface area (Å²) in [6.07, 6.45) is 3.79. The van der Waals surface area contributed by atoms with E-state index in [0.717, 1.165) is 31.5 Å². The number of hydrogen-bond donors (Lipinski definition) is 1. The van der Waals surface area contributed by atoms with Gasteiger partial charge in [-0.2, -0.15) is 0 Å². The van der Waals surface area contributed by atoms with Crippen LogP contribution < -0.4 is 0 Å². The van der Waals surface area contributed by atoms with Gasteiger partial charge in [-0.05, 0) is 49.4 Å². The van der Waals surface area contributed by atoms with Crippen LogP contribution >= 0.6 is 0 Å². The van der Waals surface area contributed by atoms with Crippen molar-refractivity contribution >= 4 is 5.97 Å². The molecule has 0 unspecified atom stereocenters. The van der Waals surface area contributed by atoms with Crippen LogP contribution in [0.1, 0.15) is 56.6 Å². The molecular formula is C17H28N2O2. The molecule has 0 aliphatic carbocycles. The Hall–Kier alpha value is -1.42. The van der Waals surface area contributed by atoms with Crippen molar-refractivity contribution in [3.05, 3.63) is 29.6 Å². The first-order chi connectivity index (χ1) is 9.90. The molecule has 0 aliphatic rings. The predicted octanol–water partition coefficient (Wildman–Crippen LogP) is 3.67. The molecule has 0 fully saturated rings. The Balaban J connectivity index is 2.76. The van der Waals surface area contributed by atoms with Crippen LogP contribution in [0.4, 0.5) is 0 Å². The third-order valence-corrected chi connectivity index (χ3v) is 3.53. The van der Waals surface area contributed by atoms with Crippen molar-refractivity contribution in [2.75, 3.05) is 13.1 Å². The largest absolute Gasteiger partial charge is 0.477 e. The molecule has 1 aromatic heterocycles. The molecule has 0 radical (unpaired) electrons. The summed E-state index contributed by atoms with van der Waals surface area (Å²) in [6.45, 7) is 11.5. The number of aromatic nitrogens is 1. The number of carboxylic acids is 1. The molecule has 1 rings (SSSR count). The van der Waals surface area contributed by atoms with Gasteiger partial charge >= 0.3 is 5.97 Å². The monoisotopic (exact) mass is 292 g/mol. The van der Waals surface area contributed by atoms with Gasteiger partial charge in [0.1, 0.15) is 0 Å². The molecular weight excluding hydrogens is 264 g/mol. The average Bonchev–Trinajstić information content (AvgIpc) is 2.41. The van der Waals surface area contributed by atoms with E-state index in [1.165, 1.54) is 0 Å². The number of rotatable bonds is 9. The van der Waals surface area contributed by atoms with Gasteiger partial charge in [-0.3, -0.25) is 4.90 Å². The van der Waals surface area contributed by atoms with Gasteiger partial charge in [-0.1, -0.05) is 33.8 Å². The summed E-state index contributed by atoms with van der Waals surface area (Å²) >= 11 is 0. The Kier molecular flexibility index (Phi) is 7.37. The van der Waals surface area contributed by atoms with Crippen molar-refractivity contribution < 1.29 is 9.90 Å². The van der Waals surface area contributed by atoms with Crippen molar-refractivity contribution in [3.8, 4) is 0 Å². The molecule has 0 saturated heterocycles. The van der Waals surface area contributed by atoms with Crippen molar-refractivity contribution in [2.24, 2.45) is 11.8 Å². The van der Waals surface area contributed by atoms with Crippen LogP contribution in [-0.4, -0.2) is 34.0 Å². The minimum absolute atomic E-state index is 0.177. The zero-order chi connectivity index (χ0) is 15.8. The Morgan fingerprint density at radius 2 is 1.76 bits per heavy atom. The summed E-state index contributed by atoms with van der Waals surface area (Å²) in [5.74, 6) is 0.358. The van der Waals surface area contributed by atoms with Gasteiger partial charge in [-0.25, -0.2) is 9.78 Å². The molecule has 21 heavy (non-hydrogen) atoms. The van der Waals surface area contributed by atoms with E-state index in [-0.39, 0.29) is 5.69 Å². The fourth-order valence-corrected chi connectivity index (χ4v) is 2.15. The van der Waals surface area contributed by atoms with Crippen LogP contribution in [0, 0.1) is 11.8 Å². The van der Waals surface area contributed by atoms with Crippen LogP contribution in [0.15, 0.2) is 18.3 Å². The zero-order valence-electron chi connectivity index (χ0n) is 13.7. The molecule has 118 valence electrons. The topological polar surface area (TPSA) is 53.4 Å². The van der Waals surface area contributed by atoms with E-state index in [9.17, 15) is 9.90 Å². The summed E-state index contributed by atoms with van der Waals surface area (Å²) in [5, 5.41) is 9.23. The Morgan fingerprint density at radius 3 is 2.24 bits per heavy atom. The summed E-state index contributed by atoms with van der Waals surface area (Å²) in [4.78, 5) is 17.6. The lowest BCUT2D eigenvalue weighted by Gasteiger charge is -2.24. The third kappa shape index (κ3) is 6.71. The highest BCUT2D eigenvalue weighted by molar-refractivity contribution is 5.86. The van der Waals surface area contributed by atoms with Crippen molar-refractivity contribution in [3.63, 3.8) is 0 Å². The van der Waals surface area contributed by atoms with Crippen molar-refractivity contribution in [2.45, 2.75) is 47.1 Å². The highest BCUT2D eigenvalue weighted by Gasteiger charge is 2.15. The lowest BCUT2D eigenvalue weighted by Crippen LogP contribution is -2.28. The maximum atomic E-state index is 11.3. The molecule has 0 bridgehead atoms. The molecule has 1 aromatic rings. The van der Waals surface area contributed by atoms with E-state index in [2.05, 4.69) is 37.6 Å². The van der Waals surface area contributed by atoms with E-state index in [1.54, 1.807) is 6.20 Å². The van der Waals surface area contributed by atoms with Gasteiger partial charge < -0.3 is 5.11 Å². The van der Waals surface area contributed by atoms with E-state index >= 15 is 0 Å². The van der Waals surface area contributed by atoms with Crippen LogP contribution in [0.5, 0.6) is 0 Å². The summed E-state index contributed by atoms with van der Waals surface area (Å²) < 4.78 is 0. The maximum Gasteiger partial charge on any atom is 0.354 e. The van der Waals surface area contributed by atoms with Crippen LogP contribution in [0.2, 0.25) is 0 Å². The maximum absolute atomic E-state index is 11.3. The number of carbonyl (C=O) groups is 1. The van der Waals surface area contributed by atoms with Gasteiger partial charge in [0.05, 0.1) is 0 Å². The van der Waals surface area contributed by atoms with Gasteiger partial charge in [0.2, 0.25) is 0 Å². The van der Waals surface area contributed by atoms with Gasteiger partial charge in [0.15, 0.2) is 5.69 Å². The molecule has 4 heteroatoms. The molecule has 0 spiro atoms. The van der Waals surface area contributed by atoms with Crippen LogP contribution in [0.3, 0.4) is 0 Å².